The second-order valence-electron chi connectivity index (χ2n) is 8.06. The minimum atomic E-state index is -0.942. The molecule has 4 rings (SSSR count). The van der Waals surface area contributed by atoms with Crippen molar-refractivity contribution < 1.29 is 19.4 Å². The van der Waals surface area contributed by atoms with Gasteiger partial charge < -0.3 is 19.5 Å². The molecule has 1 N–H and O–H groups in total. The van der Waals surface area contributed by atoms with E-state index in [0.29, 0.717) is 11.9 Å². The molecule has 1 aromatic heterocycles. The van der Waals surface area contributed by atoms with Crippen LogP contribution in [0.1, 0.15) is 29.3 Å². The summed E-state index contributed by atoms with van der Waals surface area (Å²) in [6, 6.07) is 19.3. The van der Waals surface area contributed by atoms with Crippen LogP contribution in [0.5, 0.6) is 17.2 Å². The molecular weight excluding hydrogens is 418 g/mol. The molecule has 0 saturated carbocycles. The number of rotatable bonds is 9. The Balaban J connectivity index is 1.42. The van der Waals surface area contributed by atoms with Crippen molar-refractivity contribution in [2.75, 3.05) is 31.6 Å². The van der Waals surface area contributed by atoms with Gasteiger partial charge in [0.1, 0.15) is 28.6 Å². The van der Waals surface area contributed by atoms with Gasteiger partial charge in [-0.15, -0.1) is 0 Å². The molecule has 1 aliphatic heterocycles. The number of carboxylic acids is 1. The first kappa shape index (κ1) is 22.6. The van der Waals surface area contributed by atoms with E-state index in [1.54, 1.807) is 25.4 Å². The van der Waals surface area contributed by atoms with E-state index in [1.807, 2.05) is 36.4 Å². The lowest BCUT2D eigenvalue weighted by Gasteiger charge is -2.28. The number of hydrogen-bond acceptors (Lipinski definition) is 6. The summed E-state index contributed by atoms with van der Waals surface area (Å²) in [7, 11) is 1.64. The average Bonchev–Trinajstić information content (AvgIpc) is 3.33. The first-order valence-corrected chi connectivity index (χ1v) is 11.2. The molecular formula is C26H29N3O4. The molecule has 0 amide bonds. The third-order valence-electron chi connectivity index (χ3n) is 5.98. The van der Waals surface area contributed by atoms with E-state index in [1.165, 1.54) is 5.56 Å². The number of carboxylic acid groups (broad SMARTS) is 1. The summed E-state index contributed by atoms with van der Waals surface area (Å²) in [6.45, 7) is 5.40. The van der Waals surface area contributed by atoms with E-state index in [9.17, 15) is 9.90 Å². The third-order valence-corrected chi connectivity index (χ3v) is 5.98. The van der Waals surface area contributed by atoms with Crippen LogP contribution in [0.15, 0.2) is 66.9 Å². The van der Waals surface area contributed by atoms with Crippen LogP contribution >= 0.6 is 0 Å². The van der Waals surface area contributed by atoms with Gasteiger partial charge in [-0.05, 0) is 67.1 Å². The number of nitrogens with zero attached hydrogens (tertiary/aromatic N) is 3. The summed E-state index contributed by atoms with van der Waals surface area (Å²) < 4.78 is 11.2. The van der Waals surface area contributed by atoms with Crippen LogP contribution < -0.4 is 14.4 Å². The van der Waals surface area contributed by atoms with E-state index in [-0.39, 0.29) is 5.56 Å². The Kier molecular flexibility index (Phi) is 7.10. The fourth-order valence-corrected chi connectivity index (χ4v) is 4.27. The van der Waals surface area contributed by atoms with Crippen LogP contribution in [-0.4, -0.2) is 53.7 Å². The van der Waals surface area contributed by atoms with E-state index < -0.39 is 5.97 Å². The highest BCUT2D eigenvalue weighted by atomic mass is 16.5. The minimum absolute atomic E-state index is 0.254. The van der Waals surface area contributed by atoms with Crippen molar-refractivity contribution in [1.82, 2.24) is 9.88 Å². The molecule has 0 radical (unpaired) electrons. The monoisotopic (exact) mass is 447 g/mol. The van der Waals surface area contributed by atoms with Gasteiger partial charge in [-0.1, -0.05) is 19.1 Å². The Morgan fingerprint density at radius 2 is 1.91 bits per heavy atom. The molecule has 0 bridgehead atoms. The fourth-order valence-electron chi connectivity index (χ4n) is 4.27. The molecule has 1 fully saturated rings. The number of aromatic carboxylic acids is 1. The Morgan fingerprint density at radius 1 is 1.12 bits per heavy atom. The zero-order chi connectivity index (χ0) is 23.2. The number of hydrogen-bond donors (Lipinski definition) is 1. The molecule has 2 heterocycles. The summed E-state index contributed by atoms with van der Waals surface area (Å²) in [6.07, 6.45) is 2.62. The maximum absolute atomic E-state index is 11.6. The lowest BCUT2D eigenvalue weighted by atomic mass is 10.1. The first-order valence-electron chi connectivity index (χ1n) is 11.2. The van der Waals surface area contributed by atoms with E-state index >= 15 is 0 Å². The number of ether oxygens (including phenoxy) is 2. The lowest BCUT2D eigenvalue weighted by molar-refractivity contribution is 0.0697. The highest BCUT2D eigenvalue weighted by molar-refractivity contribution is 5.93. The molecule has 1 atom stereocenters. The zero-order valence-corrected chi connectivity index (χ0v) is 19.0. The second-order valence-corrected chi connectivity index (χ2v) is 8.06. The minimum Gasteiger partial charge on any atom is -0.497 e. The van der Waals surface area contributed by atoms with Crippen molar-refractivity contribution in [2.45, 2.75) is 25.9 Å². The largest absolute Gasteiger partial charge is 0.497 e. The summed E-state index contributed by atoms with van der Waals surface area (Å²) in [5.41, 5.74) is 1.43. The third kappa shape index (κ3) is 5.43. The van der Waals surface area contributed by atoms with Gasteiger partial charge in [0.25, 0.3) is 0 Å². The van der Waals surface area contributed by atoms with Gasteiger partial charge in [0.15, 0.2) is 0 Å². The molecule has 1 aliphatic rings. The molecule has 172 valence electrons. The second kappa shape index (κ2) is 10.4. The lowest BCUT2D eigenvalue weighted by Crippen LogP contribution is -2.37. The van der Waals surface area contributed by atoms with Crippen molar-refractivity contribution >= 4 is 11.8 Å². The maximum Gasteiger partial charge on any atom is 0.339 e. The SMILES string of the molecule is CCN(Cc1cccc(Oc2ccc(OC)cc2)c1)[C@H]1CCN(c2ncccc2C(=O)O)C1. The van der Waals surface area contributed by atoms with Gasteiger partial charge in [0, 0.05) is 31.9 Å². The van der Waals surface area contributed by atoms with Crippen molar-refractivity contribution in [3.63, 3.8) is 0 Å². The molecule has 1 saturated heterocycles. The van der Waals surface area contributed by atoms with Gasteiger partial charge in [-0.2, -0.15) is 0 Å². The van der Waals surface area contributed by atoms with Crippen molar-refractivity contribution in [3.05, 3.63) is 78.0 Å². The number of aromatic nitrogens is 1. The Morgan fingerprint density at radius 3 is 2.64 bits per heavy atom. The fraction of sp³-hybridized carbons (Fsp3) is 0.308. The number of pyridine rings is 1. The van der Waals surface area contributed by atoms with Gasteiger partial charge in [-0.25, -0.2) is 9.78 Å². The summed E-state index contributed by atoms with van der Waals surface area (Å²) in [5, 5.41) is 9.50. The molecule has 0 spiro atoms. The molecule has 3 aromatic rings. The van der Waals surface area contributed by atoms with Crippen LogP contribution in [0.25, 0.3) is 0 Å². The standard InChI is InChI=1S/C26H29N3O4/c1-3-28(20-13-15-29(18-20)25-24(26(30)31)8-5-14-27-25)17-19-6-4-7-23(16-19)33-22-11-9-21(32-2)10-12-22/h4-12,14,16,20H,3,13,15,17-18H2,1-2H3,(H,30,31)/t20-/m0/s1. The van der Waals surface area contributed by atoms with Crippen LogP contribution in [0, 0.1) is 0 Å². The number of methoxy groups -OCH3 is 1. The van der Waals surface area contributed by atoms with E-state index in [2.05, 4.69) is 33.8 Å². The van der Waals surface area contributed by atoms with Gasteiger partial charge in [-0.3, -0.25) is 4.90 Å². The highest BCUT2D eigenvalue weighted by Gasteiger charge is 2.30. The predicted octanol–water partition coefficient (Wildman–Crippen LogP) is 4.68. The Bertz CT molecular complexity index is 1090. The topological polar surface area (TPSA) is 75.1 Å². The maximum atomic E-state index is 11.6. The van der Waals surface area contributed by atoms with Crippen LogP contribution in [-0.2, 0) is 6.54 Å². The van der Waals surface area contributed by atoms with Crippen molar-refractivity contribution in [1.29, 1.82) is 0 Å². The quantitative estimate of drug-likeness (QED) is 0.510. The molecule has 0 aliphatic carbocycles. The summed E-state index contributed by atoms with van der Waals surface area (Å²) >= 11 is 0. The molecule has 2 aromatic carbocycles. The van der Waals surface area contributed by atoms with Gasteiger partial charge >= 0.3 is 5.97 Å². The zero-order valence-electron chi connectivity index (χ0n) is 19.0. The number of carbonyl (C=O) groups is 1. The van der Waals surface area contributed by atoms with Gasteiger partial charge in [0.05, 0.1) is 7.11 Å². The van der Waals surface area contributed by atoms with Crippen LogP contribution in [0.4, 0.5) is 5.82 Å². The molecule has 7 heteroatoms. The number of benzene rings is 2. The molecule has 33 heavy (non-hydrogen) atoms. The first-order chi connectivity index (χ1) is 16.1. The normalized spacial score (nSPS) is 15.6. The summed E-state index contributed by atoms with van der Waals surface area (Å²) in [5.74, 6) is 1.96. The predicted molar refractivity (Wildman–Crippen MR) is 127 cm³/mol. The van der Waals surface area contributed by atoms with E-state index in [4.69, 9.17) is 9.47 Å². The molecule has 0 unspecified atom stereocenters. The van der Waals surface area contributed by atoms with Crippen molar-refractivity contribution in [2.24, 2.45) is 0 Å². The smallest absolute Gasteiger partial charge is 0.339 e. The number of anilines is 1. The highest BCUT2D eigenvalue weighted by Crippen LogP contribution is 2.27. The van der Waals surface area contributed by atoms with Crippen molar-refractivity contribution in [3.8, 4) is 17.2 Å². The van der Waals surface area contributed by atoms with Gasteiger partial charge in [0.2, 0.25) is 0 Å². The Labute approximate surface area is 194 Å². The van der Waals surface area contributed by atoms with Crippen LogP contribution in [0.2, 0.25) is 0 Å². The molecule has 7 nitrogen and oxygen atoms in total. The summed E-state index contributed by atoms with van der Waals surface area (Å²) in [4.78, 5) is 20.5. The average molecular weight is 448 g/mol. The van der Waals surface area contributed by atoms with Crippen LogP contribution in [0.3, 0.4) is 0 Å². The Hall–Kier alpha value is -3.58. The number of likely N-dealkylation sites (N-methyl/N-ethyl adjacent to an activating group) is 1. The van der Waals surface area contributed by atoms with E-state index in [0.717, 1.165) is 49.8 Å².